The van der Waals surface area contributed by atoms with Crippen molar-refractivity contribution in [2.75, 3.05) is 11.8 Å². The largest absolute Gasteiger partial charge is 0.455 e. The molecule has 0 bridgehead atoms. The lowest BCUT2D eigenvalue weighted by molar-refractivity contribution is 0.469. The van der Waals surface area contributed by atoms with Gasteiger partial charge in [0.15, 0.2) is 11.6 Å². The van der Waals surface area contributed by atoms with E-state index in [-0.39, 0.29) is 17.8 Å². The van der Waals surface area contributed by atoms with E-state index in [9.17, 15) is 17.2 Å². The second kappa shape index (κ2) is 8.72. The number of nitrogens with one attached hydrogen (secondary N) is 2. The Morgan fingerprint density at radius 1 is 1.10 bits per heavy atom. The number of halogens is 2. The normalized spacial score (nSPS) is 11.4. The van der Waals surface area contributed by atoms with Crippen molar-refractivity contribution in [1.82, 2.24) is 14.7 Å². The lowest BCUT2D eigenvalue weighted by Gasteiger charge is -2.14. The highest BCUT2D eigenvalue weighted by molar-refractivity contribution is 7.90. The molecule has 0 aliphatic carbocycles. The molecule has 30 heavy (non-hydrogen) atoms. The van der Waals surface area contributed by atoms with Gasteiger partial charge in [-0.15, -0.1) is 0 Å². The van der Waals surface area contributed by atoms with Crippen LogP contribution in [0.5, 0.6) is 11.5 Å². The molecule has 10 heteroatoms. The minimum atomic E-state index is -3.91. The number of pyridine rings is 2. The molecular formula is C20H20F2N4O3S. The third-order valence-electron chi connectivity index (χ3n) is 4.49. The van der Waals surface area contributed by atoms with Crippen molar-refractivity contribution in [3.63, 3.8) is 0 Å². The summed E-state index contributed by atoms with van der Waals surface area (Å²) in [4.78, 5) is 7.87. The minimum Gasteiger partial charge on any atom is -0.455 e. The number of ether oxygens (including phenoxy) is 1. The zero-order chi connectivity index (χ0) is 21.9. The zero-order valence-corrected chi connectivity index (χ0v) is 17.3. The molecule has 0 unspecified atom stereocenters. The molecule has 0 aliphatic rings. The Hall–Kier alpha value is -3.11. The number of hydrogen-bond acceptors (Lipinski definition) is 5. The number of hydrogen-bond donors (Lipinski definition) is 2. The zero-order valence-electron chi connectivity index (χ0n) is 16.5. The van der Waals surface area contributed by atoms with Crippen LogP contribution >= 0.6 is 0 Å². The van der Waals surface area contributed by atoms with E-state index in [1.54, 1.807) is 32.2 Å². The first-order valence-corrected chi connectivity index (χ1v) is 10.4. The first kappa shape index (κ1) is 21.6. The van der Waals surface area contributed by atoms with Crippen LogP contribution in [0, 0.1) is 25.5 Å². The lowest BCUT2D eigenvalue weighted by atomic mass is 10.0. The average Bonchev–Trinajstić information content (AvgIpc) is 2.70. The number of anilines is 1. The van der Waals surface area contributed by atoms with Crippen LogP contribution in [0.1, 0.15) is 22.3 Å². The van der Waals surface area contributed by atoms with Gasteiger partial charge in [-0.1, -0.05) is 6.07 Å². The summed E-state index contributed by atoms with van der Waals surface area (Å²) in [6, 6.07) is 5.99. The van der Waals surface area contributed by atoms with E-state index >= 15 is 0 Å². The Kier molecular flexibility index (Phi) is 6.28. The SMILES string of the molecule is CNS(=O)(=O)Nc1nccc(Cc2cncc(Oc3ccc(C)c(F)c3)c2C)c1F. The van der Waals surface area contributed by atoms with Crippen molar-refractivity contribution >= 4 is 16.0 Å². The van der Waals surface area contributed by atoms with E-state index < -0.39 is 21.8 Å². The molecule has 7 nitrogen and oxygen atoms in total. The van der Waals surface area contributed by atoms with Gasteiger partial charge in [-0.3, -0.25) is 9.71 Å². The van der Waals surface area contributed by atoms with E-state index in [0.717, 1.165) is 0 Å². The standard InChI is InChI=1S/C20H20F2N4O3S/c1-12-4-5-16(9-17(12)21)29-18-11-24-10-15(13(18)2)8-14-6-7-25-20(19(14)22)26-30(27,28)23-3/h4-7,9-11,23H,8H2,1-3H3,(H,25,26). The Bertz CT molecular complexity index is 1190. The summed E-state index contributed by atoms with van der Waals surface area (Å²) in [6.45, 7) is 3.43. The fourth-order valence-corrected chi connectivity index (χ4v) is 3.17. The van der Waals surface area contributed by atoms with E-state index in [2.05, 4.69) is 9.97 Å². The van der Waals surface area contributed by atoms with Gasteiger partial charge in [0, 0.05) is 31.9 Å². The van der Waals surface area contributed by atoms with Crippen LogP contribution in [0.25, 0.3) is 0 Å². The molecule has 3 aromatic rings. The predicted molar refractivity (Wildman–Crippen MR) is 109 cm³/mol. The maximum Gasteiger partial charge on any atom is 0.300 e. The summed E-state index contributed by atoms with van der Waals surface area (Å²) in [7, 11) is -2.71. The van der Waals surface area contributed by atoms with Crippen molar-refractivity contribution in [3.8, 4) is 11.5 Å². The third-order valence-corrected chi connectivity index (χ3v) is 5.49. The second-order valence-electron chi connectivity index (χ2n) is 6.55. The van der Waals surface area contributed by atoms with Crippen LogP contribution in [0.4, 0.5) is 14.6 Å². The van der Waals surface area contributed by atoms with Gasteiger partial charge in [-0.2, -0.15) is 8.42 Å². The molecule has 2 aromatic heterocycles. The first-order chi connectivity index (χ1) is 14.2. The van der Waals surface area contributed by atoms with Gasteiger partial charge >= 0.3 is 0 Å². The van der Waals surface area contributed by atoms with E-state index in [4.69, 9.17) is 4.74 Å². The molecule has 0 radical (unpaired) electrons. The van der Waals surface area contributed by atoms with E-state index in [1.807, 2.05) is 9.44 Å². The van der Waals surface area contributed by atoms with Crippen LogP contribution < -0.4 is 14.2 Å². The number of aromatic nitrogens is 2. The van der Waals surface area contributed by atoms with Crippen LogP contribution in [0.3, 0.4) is 0 Å². The molecule has 158 valence electrons. The van der Waals surface area contributed by atoms with Crippen molar-refractivity contribution in [2.24, 2.45) is 0 Å². The molecule has 3 rings (SSSR count). The number of rotatable bonds is 7. The molecule has 2 heterocycles. The highest BCUT2D eigenvalue weighted by atomic mass is 32.2. The first-order valence-electron chi connectivity index (χ1n) is 8.92. The molecule has 0 saturated heterocycles. The average molecular weight is 434 g/mol. The molecule has 0 amide bonds. The van der Waals surface area contributed by atoms with Crippen LogP contribution in [-0.2, 0) is 16.6 Å². The lowest BCUT2D eigenvalue weighted by Crippen LogP contribution is -2.27. The summed E-state index contributed by atoms with van der Waals surface area (Å²) in [5.41, 5.74) is 2.08. The highest BCUT2D eigenvalue weighted by Gasteiger charge is 2.17. The van der Waals surface area contributed by atoms with Crippen molar-refractivity contribution in [1.29, 1.82) is 0 Å². The van der Waals surface area contributed by atoms with Gasteiger partial charge in [0.05, 0.1) is 6.20 Å². The molecule has 2 N–H and O–H groups in total. The fraction of sp³-hybridized carbons (Fsp3) is 0.200. The molecular weight excluding hydrogens is 414 g/mol. The van der Waals surface area contributed by atoms with Crippen molar-refractivity contribution in [3.05, 3.63) is 76.7 Å². The summed E-state index contributed by atoms with van der Waals surface area (Å²) in [6.07, 6.45) is 4.49. The molecule has 0 spiro atoms. The topological polar surface area (TPSA) is 93.2 Å². The maximum atomic E-state index is 14.8. The quantitative estimate of drug-likeness (QED) is 0.592. The minimum absolute atomic E-state index is 0.126. The number of benzene rings is 1. The molecule has 0 aliphatic heterocycles. The summed E-state index contributed by atoms with van der Waals surface area (Å²) < 4.78 is 61.6. The number of aryl methyl sites for hydroxylation is 1. The third kappa shape index (κ3) is 4.89. The summed E-state index contributed by atoms with van der Waals surface area (Å²) in [5.74, 6) is -0.859. The molecule has 0 saturated carbocycles. The Morgan fingerprint density at radius 2 is 1.87 bits per heavy atom. The van der Waals surface area contributed by atoms with Crippen molar-refractivity contribution < 1.29 is 21.9 Å². The molecule has 0 atom stereocenters. The van der Waals surface area contributed by atoms with Crippen LogP contribution in [-0.4, -0.2) is 25.4 Å². The smallest absolute Gasteiger partial charge is 0.300 e. The number of nitrogens with zero attached hydrogens (tertiary/aromatic N) is 2. The van der Waals surface area contributed by atoms with Crippen LogP contribution in [0.15, 0.2) is 42.9 Å². The Morgan fingerprint density at radius 3 is 2.57 bits per heavy atom. The fourth-order valence-electron chi connectivity index (χ4n) is 2.67. The van der Waals surface area contributed by atoms with Gasteiger partial charge in [0.1, 0.15) is 17.3 Å². The Balaban J connectivity index is 1.87. The molecule has 0 fully saturated rings. The monoisotopic (exact) mass is 434 g/mol. The summed E-state index contributed by atoms with van der Waals surface area (Å²) in [5, 5.41) is 0. The predicted octanol–water partition coefficient (Wildman–Crippen LogP) is 3.63. The van der Waals surface area contributed by atoms with Gasteiger partial charge in [-0.25, -0.2) is 18.5 Å². The van der Waals surface area contributed by atoms with Gasteiger partial charge in [0.2, 0.25) is 0 Å². The van der Waals surface area contributed by atoms with Gasteiger partial charge < -0.3 is 4.74 Å². The molecule has 1 aromatic carbocycles. The Labute approximate surface area is 173 Å². The highest BCUT2D eigenvalue weighted by Crippen LogP contribution is 2.29. The second-order valence-corrected chi connectivity index (χ2v) is 8.17. The van der Waals surface area contributed by atoms with E-state index in [0.29, 0.717) is 28.2 Å². The van der Waals surface area contributed by atoms with E-state index in [1.165, 1.54) is 31.6 Å². The van der Waals surface area contributed by atoms with Crippen molar-refractivity contribution in [2.45, 2.75) is 20.3 Å². The maximum absolute atomic E-state index is 14.8. The van der Waals surface area contributed by atoms with Crippen LogP contribution in [0.2, 0.25) is 0 Å². The van der Waals surface area contributed by atoms with Gasteiger partial charge in [0.25, 0.3) is 10.2 Å². The summed E-state index contributed by atoms with van der Waals surface area (Å²) >= 11 is 0. The van der Waals surface area contributed by atoms with Gasteiger partial charge in [-0.05, 0) is 48.2 Å².